The second kappa shape index (κ2) is 7.00. The van der Waals surface area contributed by atoms with Crippen molar-refractivity contribution in [3.05, 3.63) is 29.8 Å². The molecule has 0 atom stereocenters. The van der Waals surface area contributed by atoms with Gasteiger partial charge in [0.05, 0.1) is 4.90 Å². The van der Waals surface area contributed by atoms with Crippen LogP contribution in [0.4, 0.5) is 0 Å². The Labute approximate surface area is 129 Å². The Bertz CT molecular complexity index is 604. The van der Waals surface area contributed by atoms with E-state index in [0.717, 1.165) is 5.56 Å². The van der Waals surface area contributed by atoms with Crippen molar-refractivity contribution in [3.8, 4) is 0 Å². The molecule has 0 saturated carbocycles. The molecule has 21 heavy (non-hydrogen) atoms. The summed E-state index contributed by atoms with van der Waals surface area (Å²) >= 11 is 0. The molecule has 7 heteroatoms. The number of rotatable bonds is 5. The maximum Gasteiger partial charge on any atom is 0.243 e. The Kier molecular flexibility index (Phi) is 5.54. The lowest BCUT2D eigenvalue weighted by Gasteiger charge is -2.25. The van der Waals surface area contributed by atoms with Gasteiger partial charge >= 0.3 is 0 Å². The Morgan fingerprint density at radius 2 is 1.95 bits per heavy atom. The number of hydrogen-bond acceptors (Lipinski definition) is 4. The van der Waals surface area contributed by atoms with Crippen molar-refractivity contribution >= 4 is 20.8 Å². The lowest BCUT2D eigenvalue weighted by molar-refractivity contribution is 0.438. The van der Waals surface area contributed by atoms with Crippen LogP contribution in [0.3, 0.4) is 0 Å². The van der Waals surface area contributed by atoms with Gasteiger partial charge in [-0.3, -0.25) is 4.21 Å². The Hall–Kier alpha value is -0.760. The standard InChI is InChI=1S/C14H22N2O3S2/c1-12(2)15-11-13-4-3-5-14(10-13)21(18,19)16-6-8-20(17)9-7-16/h3-5,10,12,15H,6-9,11H2,1-2H3. The van der Waals surface area contributed by atoms with Gasteiger partial charge in [-0.25, -0.2) is 8.42 Å². The summed E-state index contributed by atoms with van der Waals surface area (Å²) in [5.74, 6) is 0.849. The summed E-state index contributed by atoms with van der Waals surface area (Å²) in [5.41, 5.74) is 0.949. The maximum absolute atomic E-state index is 12.6. The third-order valence-corrected chi connectivity index (χ3v) is 6.56. The number of benzene rings is 1. The second-order valence-corrected chi connectivity index (χ2v) is 9.07. The van der Waals surface area contributed by atoms with Gasteiger partial charge in [0.25, 0.3) is 0 Å². The summed E-state index contributed by atoms with van der Waals surface area (Å²) in [6, 6.07) is 7.38. The van der Waals surface area contributed by atoms with Crippen LogP contribution in [0.15, 0.2) is 29.2 Å². The summed E-state index contributed by atoms with van der Waals surface area (Å²) in [4.78, 5) is 0.318. The molecule has 2 rings (SSSR count). The number of sulfonamides is 1. The Morgan fingerprint density at radius 3 is 2.57 bits per heavy atom. The highest BCUT2D eigenvalue weighted by atomic mass is 32.2. The van der Waals surface area contributed by atoms with Crippen LogP contribution in [-0.4, -0.2) is 47.6 Å². The average Bonchev–Trinajstić information content (AvgIpc) is 2.46. The van der Waals surface area contributed by atoms with Gasteiger partial charge in [-0.05, 0) is 17.7 Å². The molecule has 1 saturated heterocycles. The topological polar surface area (TPSA) is 66.5 Å². The smallest absolute Gasteiger partial charge is 0.243 e. The molecule has 1 aliphatic rings. The van der Waals surface area contributed by atoms with Crippen molar-refractivity contribution < 1.29 is 12.6 Å². The summed E-state index contributed by atoms with van der Waals surface area (Å²) in [5, 5.41) is 3.28. The fourth-order valence-corrected chi connectivity index (χ4v) is 4.94. The minimum atomic E-state index is -3.48. The lowest BCUT2D eigenvalue weighted by atomic mass is 10.2. The second-order valence-electron chi connectivity index (χ2n) is 5.44. The molecule has 0 radical (unpaired) electrons. The quantitative estimate of drug-likeness (QED) is 0.872. The zero-order valence-corrected chi connectivity index (χ0v) is 14.0. The molecular formula is C14H22N2O3S2. The largest absolute Gasteiger partial charge is 0.310 e. The Balaban J connectivity index is 2.16. The normalized spacial score (nSPS) is 18.2. The third-order valence-electron chi connectivity index (χ3n) is 3.39. The predicted octanol–water partition coefficient (Wildman–Crippen LogP) is 0.938. The van der Waals surface area contributed by atoms with Crippen LogP contribution in [0.1, 0.15) is 19.4 Å². The first-order chi connectivity index (χ1) is 9.89. The molecule has 1 aliphatic heterocycles. The van der Waals surface area contributed by atoms with E-state index in [1.807, 2.05) is 6.07 Å². The van der Waals surface area contributed by atoms with Gasteiger partial charge in [-0.15, -0.1) is 0 Å². The molecule has 118 valence electrons. The van der Waals surface area contributed by atoms with E-state index in [1.54, 1.807) is 18.2 Å². The SMILES string of the molecule is CC(C)NCc1cccc(S(=O)(=O)N2CCS(=O)CC2)c1. The molecular weight excluding hydrogens is 308 g/mol. The zero-order valence-electron chi connectivity index (χ0n) is 12.4. The van der Waals surface area contributed by atoms with E-state index in [4.69, 9.17) is 0 Å². The van der Waals surface area contributed by atoms with Crippen molar-refractivity contribution in [2.75, 3.05) is 24.6 Å². The van der Waals surface area contributed by atoms with E-state index >= 15 is 0 Å². The summed E-state index contributed by atoms with van der Waals surface area (Å²) in [6.07, 6.45) is 0. The fraction of sp³-hybridized carbons (Fsp3) is 0.571. The van der Waals surface area contributed by atoms with Crippen molar-refractivity contribution in [1.82, 2.24) is 9.62 Å². The van der Waals surface area contributed by atoms with Gasteiger partial charge in [0.2, 0.25) is 10.0 Å². The van der Waals surface area contributed by atoms with Crippen LogP contribution >= 0.6 is 0 Å². The summed E-state index contributed by atoms with van der Waals surface area (Å²) in [6.45, 7) is 5.42. The predicted molar refractivity (Wildman–Crippen MR) is 85.1 cm³/mol. The number of nitrogens with one attached hydrogen (secondary N) is 1. The van der Waals surface area contributed by atoms with E-state index in [0.29, 0.717) is 42.1 Å². The minimum Gasteiger partial charge on any atom is -0.310 e. The van der Waals surface area contributed by atoms with Crippen LogP contribution in [-0.2, 0) is 27.4 Å². The van der Waals surface area contributed by atoms with E-state index < -0.39 is 20.8 Å². The Morgan fingerprint density at radius 1 is 1.29 bits per heavy atom. The molecule has 1 fully saturated rings. The monoisotopic (exact) mass is 330 g/mol. The first-order valence-electron chi connectivity index (χ1n) is 7.07. The van der Waals surface area contributed by atoms with Gasteiger partial charge in [0.15, 0.2) is 0 Å². The molecule has 0 aliphatic carbocycles. The molecule has 1 N–H and O–H groups in total. The van der Waals surface area contributed by atoms with Crippen molar-refractivity contribution in [2.24, 2.45) is 0 Å². The van der Waals surface area contributed by atoms with Crippen LogP contribution in [0.5, 0.6) is 0 Å². The summed E-state index contributed by atoms with van der Waals surface area (Å²) < 4.78 is 38.0. The van der Waals surface area contributed by atoms with Crippen LogP contribution in [0, 0.1) is 0 Å². The first kappa shape index (κ1) is 16.6. The molecule has 0 bridgehead atoms. The van der Waals surface area contributed by atoms with Crippen molar-refractivity contribution in [1.29, 1.82) is 0 Å². The van der Waals surface area contributed by atoms with Gasteiger partial charge in [-0.1, -0.05) is 26.0 Å². The van der Waals surface area contributed by atoms with Crippen molar-refractivity contribution in [3.63, 3.8) is 0 Å². The van der Waals surface area contributed by atoms with Gasteiger partial charge in [-0.2, -0.15) is 4.31 Å². The van der Waals surface area contributed by atoms with E-state index in [1.165, 1.54) is 4.31 Å². The summed E-state index contributed by atoms with van der Waals surface area (Å²) in [7, 11) is -4.36. The molecule has 1 aromatic carbocycles. The average molecular weight is 330 g/mol. The molecule has 0 aromatic heterocycles. The maximum atomic E-state index is 12.6. The highest BCUT2D eigenvalue weighted by molar-refractivity contribution is 7.89. The third kappa shape index (κ3) is 4.35. The van der Waals surface area contributed by atoms with Crippen molar-refractivity contribution in [2.45, 2.75) is 31.3 Å². The number of hydrogen-bond donors (Lipinski definition) is 1. The van der Waals surface area contributed by atoms with E-state index in [9.17, 15) is 12.6 Å². The zero-order chi connectivity index (χ0) is 15.5. The van der Waals surface area contributed by atoms with E-state index in [2.05, 4.69) is 19.2 Å². The molecule has 0 spiro atoms. The molecule has 0 amide bonds. The van der Waals surface area contributed by atoms with Crippen LogP contribution in [0.25, 0.3) is 0 Å². The minimum absolute atomic E-state index is 0.318. The molecule has 5 nitrogen and oxygen atoms in total. The van der Waals surface area contributed by atoms with Crippen LogP contribution in [0.2, 0.25) is 0 Å². The first-order valence-corrected chi connectivity index (χ1v) is 10.00. The van der Waals surface area contributed by atoms with Gasteiger partial charge < -0.3 is 5.32 Å². The molecule has 1 heterocycles. The molecule has 1 aromatic rings. The highest BCUT2D eigenvalue weighted by Crippen LogP contribution is 2.18. The van der Waals surface area contributed by atoms with E-state index in [-0.39, 0.29) is 0 Å². The van der Waals surface area contributed by atoms with Gasteiger partial charge in [0, 0.05) is 48.0 Å². The number of nitrogens with zero attached hydrogens (tertiary/aromatic N) is 1. The lowest BCUT2D eigenvalue weighted by Crippen LogP contribution is -2.41. The van der Waals surface area contributed by atoms with Gasteiger partial charge in [0.1, 0.15) is 0 Å². The highest BCUT2D eigenvalue weighted by Gasteiger charge is 2.28. The van der Waals surface area contributed by atoms with Crippen LogP contribution < -0.4 is 5.32 Å². The molecule has 0 unspecified atom stereocenters. The fourth-order valence-electron chi connectivity index (χ4n) is 2.15.